The number of ether oxygens (including phenoxy) is 2. The molecule has 0 bridgehead atoms. The third-order valence-corrected chi connectivity index (χ3v) is 1.15. The summed E-state index contributed by atoms with van der Waals surface area (Å²) in [7, 11) is 0. The molecule has 0 amide bonds. The highest BCUT2D eigenvalue weighted by Crippen LogP contribution is 1.91. The quantitative estimate of drug-likeness (QED) is 0.204. The Bertz CT molecular complexity index is 194. The molecule has 0 radical (unpaired) electrons. The Morgan fingerprint density at radius 2 is 2.33 bits per heavy atom. The molecule has 0 N–H and O–H groups in total. The van der Waals surface area contributed by atoms with E-state index in [1.165, 1.54) is 0 Å². The molecule has 0 aromatic carbocycles. The van der Waals surface area contributed by atoms with Crippen molar-refractivity contribution >= 4 is 17.4 Å². The molecule has 1 unspecified atom stereocenters. The predicted octanol–water partition coefficient (Wildman–Crippen LogP) is 1.10. The molecule has 0 spiro atoms. The number of nitrogens with zero attached hydrogens (tertiary/aromatic N) is 1. The van der Waals surface area contributed by atoms with Crippen LogP contribution in [0.3, 0.4) is 0 Å². The lowest BCUT2D eigenvalue weighted by Crippen LogP contribution is -2.14. The van der Waals surface area contributed by atoms with Crippen LogP contribution in [0.1, 0.15) is 6.92 Å². The van der Waals surface area contributed by atoms with Gasteiger partial charge in [0.25, 0.3) is 0 Å². The Hall–Kier alpha value is -0.720. The first-order valence-electron chi connectivity index (χ1n) is 3.51. The van der Waals surface area contributed by atoms with Crippen molar-refractivity contribution < 1.29 is 9.47 Å². The van der Waals surface area contributed by atoms with Crippen LogP contribution in [0.4, 0.5) is 0 Å². The molecule has 0 aromatic heterocycles. The second-order valence-corrected chi connectivity index (χ2v) is 2.11. The molecular formula is C8H11NO2S. The van der Waals surface area contributed by atoms with Crippen molar-refractivity contribution in [3.63, 3.8) is 0 Å². The van der Waals surface area contributed by atoms with Gasteiger partial charge in [-0.1, -0.05) is 5.92 Å². The molecule has 0 aromatic rings. The minimum absolute atomic E-state index is 0.262. The third-order valence-electron chi connectivity index (χ3n) is 1.02. The predicted molar refractivity (Wildman–Crippen MR) is 50.1 cm³/mol. The maximum Gasteiger partial charge on any atom is 0.156 e. The fourth-order valence-electron chi connectivity index (χ4n) is 0.524. The molecule has 1 atom stereocenters. The van der Waals surface area contributed by atoms with Gasteiger partial charge < -0.3 is 9.47 Å². The van der Waals surface area contributed by atoms with Crippen LogP contribution in [0.5, 0.6) is 0 Å². The minimum Gasteiger partial charge on any atom is -0.351 e. The zero-order chi connectivity index (χ0) is 9.23. The largest absolute Gasteiger partial charge is 0.351 e. The van der Waals surface area contributed by atoms with Gasteiger partial charge in [-0.05, 0) is 19.1 Å². The molecule has 0 fully saturated rings. The number of rotatable bonds is 6. The Kier molecular flexibility index (Phi) is 7.87. The lowest BCUT2D eigenvalue weighted by atomic mass is 10.6. The summed E-state index contributed by atoms with van der Waals surface area (Å²) in [6, 6.07) is 0. The lowest BCUT2D eigenvalue weighted by molar-refractivity contribution is -0.118. The number of hydrogen-bond donors (Lipinski definition) is 0. The topological polar surface area (TPSA) is 30.8 Å². The van der Waals surface area contributed by atoms with Crippen LogP contribution in [0.2, 0.25) is 0 Å². The SMILES string of the molecule is C#CCOC(C)OCCN=C=S. The summed E-state index contributed by atoms with van der Waals surface area (Å²) in [4.78, 5) is 3.67. The molecule has 0 aliphatic carbocycles. The second-order valence-electron chi connectivity index (χ2n) is 1.93. The van der Waals surface area contributed by atoms with Crippen molar-refractivity contribution in [3.8, 4) is 12.3 Å². The summed E-state index contributed by atoms with van der Waals surface area (Å²) in [5.41, 5.74) is 0. The molecule has 3 nitrogen and oxygen atoms in total. The van der Waals surface area contributed by atoms with Gasteiger partial charge in [0.2, 0.25) is 0 Å². The van der Waals surface area contributed by atoms with Gasteiger partial charge in [-0.15, -0.1) is 6.42 Å². The van der Waals surface area contributed by atoms with Gasteiger partial charge in [0.05, 0.1) is 18.3 Å². The molecule has 0 saturated heterocycles. The number of isothiocyanates is 1. The van der Waals surface area contributed by atoms with E-state index < -0.39 is 0 Å². The van der Waals surface area contributed by atoms with E-state index in [0.29, 0.717) is 13.2 Å². The first kappa shape index (κ1) is 11.3. The van der Waals surface area contributed by atoms with E-state index in [-0.39, 0.29) is 12.9 Å². The third kappa shape index (κ3) is 7.39. The average molecular weight is 185 g/mol. The Labute approximate surface area is 77.8 Å². The molecule has 0 saturated carbocycles. The van der Waals surface area contributed by atoms with Gasteiger partial charge in [0.1, 0.15) is 6.61 Å². The lowest BCUT2D eigenvalue weighted by Gasteiger charge is -2.10. The highest BCUT2D eigenvalue weighted by atomic mass is 32.1. The van der Waals surface area contributed by atoms with E-state index in [1.54, 1.807) is 6.92 Å². The van der Waals surface area contributed by atoms with Gasteiger partial charge >= 0.3 is 0 Å². The monoisotopic (exact) mass is 185 g/mol. The molecular weight excluding hydrogens is 174 g/mol. The van der Waals surface area contributed by atoms with Crippen molar-refractivity contribution in [1.29, 1.82) is 0 Å². The molecule has 0 aliphatic heterocycles. The van der Waals surface area contributed by atoms with Crippen LogP contribution in [-0.4, -0.2) is 31.2 Å². The molecule has 12 heavy (non-hydrogen) atoms. The van der Waals surface area contributed by atoms with E-state index in [1.807, 2.05) is 0 Å². The van der Waals surface area contributed by atoms with E-state index in [4.69, 9.17) is 15.9 Å². The number of thiocarbonyl (C=S) groups is 1. The van der Waals surface area contributed by atoms with E-state index in [9.17, 15) is 0 Å². The summed E-state index contributed by atoms with van der Waals surface area (Å²) >= 11 is 4.37. The zero-order valence-electron chi connectivity index (χ0n) is 6.95. The number of aliphatic imine (C=N–C) groups is 1. The highest BCUT2D eigenvalue weighted by Gasteiger charge is 1.98. The van der Waals surface area contributed by atoms with Gasteiger partial charge in [0.15, 0.2) is 6.29 Å². The number of hydrogen-bond acceptors (Lipinski definition) is 4. The van der Waals surface area contributed by atoms with Gasteiger partial charge in [-0.25, -0.2) is 4.99 Å². The summed E-state index contributed by atoms with van der Waals surface area (Å²) in [6.07, 6.45) is 4.69. The van der Waals surface area contributed by atoms with Crippen LogP contribution in [-0.2, 0) is 9.47 Å². The molecule has 0 heterocycles. The first-order valence-corrected chi connectivity index (χ1v) is 3.92. The van der Waals surface area contributed by atoms with E-state index >= 15 is 0 Å². The van der Waals surface area contributed by atoms with E-state index in [2.05, 4.69) is 28.3 Å². The summed E-state index contributed by atoms with van der Waals surface area (Å²) in [6.45, 7) is 3.01. The first-order chi connectivity index (χ1) is 5.81. The Morgan fingerprint density at radius 1 is 1.58 bits per heavy atom. The van der Waals surface area contributed by atoms with Crippen LogP contribution in [0.25, 0.3) is 0 Å². The fourth-order valence-corrected chi connectivity index (χ4v) is 0.615. The Morgan fingerprint density at radius 3 is 2.92 bits per heavy atom. The van der Waals surface area contributed by atoms with Crippen molar-refractivity contribution in [2.75, 3.05) is 19.8 Å². The van der Waals surface area contributed by atoms with Gasteiger partial charge in [0, 0.05) is 0 Å². The maximum absolute atomic E-state index is 5.15. The summed E-state index contributed by atoms with van der Waals surface area (Å²) in [5.74, 6) is 2.35. The fraction of sp³-hybridized carbons (Fsp3) is 0.625. The maximum atomic E-state index is 5.15. The van der Waals surface area contributed by atoms with E-state index in [0.717, 1.165) is 0 Å². The second kappa shape index (κ2) is 8.38. The summed E-state index contributed by atoms with van der Waals surface area (Å²) < 4.78 is 10.2. The normalized spacial score (nSPS) is 11.3. The smallest absolute Gasteiger partial charge is 0.156 e. The van der Waals surface area contributed by atoms with Gasteiger partial charge in [-0.2, -0.15) is 0 Å². The molecule has 0 aliphatic rings. The molecule has 0 rings (SSSR count). The highest BCUT2D eigenvalue weighted by molar-refractivity contribution is 7.78. The number of terminal acetylenes is 1. The van der Waals surface area contributed by atoms with Gasteiger partial charge in [-0.3, -0.25) is 0 Å². The molecule has 4 heteroatoms. The van der Waals surface area contributed by atoms with Crippen LogP contribution < -0.4 is 0 Å². The van der Waals surface area contributed by atoms with Crippen molar-refractivity contribution in [2.45, 2.75) is 13.2 Å². The Balaban J connectivity index is 3.25. The average Bonchev–Trinajstić information content (AvgIpc) is 2.09. The van der Waals surface area contributed by atoms with Crippen LogP contribution in [0.15, 0.2) is 4.99 Å². The van der Waals surface area contributed by atoms with Crippen molar-refractivity contribution in [3.05, 3.63) is 0 Å². The van der Waals surface area contributed by atoms with Crippen LogP contribution in [0, 0.1) is 12.3 Å². The van der Waals surface area contributed by atoms with Crippen molar-refractivity contribution in [2.24, 2.45) is 4.99 Å². The van der Waals surface area contributed by atoms with Crippen molar-refractivity contribution in [1.82, 2.24) is 0 Å². The standard InChI is InChI=1S/C8H11NO2S/c1-3-5-10-8(2)11-6-4-9-7-12/h1,8H,4-6H2,2H3. The minimum atomic E-state index is -0.290. The van der Waals surface area contributed by atoms with Crippen LogP contribution >= 0.6 is 12.2 Å². The molecule has 66 valence electrons. The zero-order valence-corrected chi connectivity index (χ0v) is 7.76. The summed E-state index contributed by atoms with van der Waals surface area (Å²) in [5, 5.41) is 2.24.